The molecule has 1 saturated heterocycles. The fraction of sp³-hybridized carbons (Fsp3) is 0. The van der Waals surface area contributed by atoms with Crippen LogP contribution in [0.3, 0.4) is 0 Å². The van der Waals surface area contributed by atoms with E-state index in [0.29, 0.717) is 20.5 Å². The van der Waals surface area contributed by atoms with E-state index in [-0.39, 0.29) is 17.5 Å². The lowest BCUT2D eigenvalue weighted by atomic mass is 10.2. The van der Waals surface area contributed by atoms with Gasteiger partial charge in [0.1, 0.15) is 11.6 Å². The predicted octanol–water partition coefficient (Wildman–Crippen LogP) is 4.37. The summed E-state index contributed by atoms with van der Waals surface area (Å²) in [5.41, 5.74) is 1.09. The van der Waals surface area contributed by atoms with Crippen LogP contribution in [0.15, 0.2) is 53.4 Å². The maximum absolute atomic E-state index is 13.2. The second-order valence-corrected chi connectivity index (χ2v) is 6.22. The summed E-state index contributed by atoms with van der Waals surface area (Å²) in [4.78, 5) is 14.2. The summed E-state index contributed by atoms with van der Waals surface area (Å²) in [7, 11) is 0. The van der Waals surface area contributed by atoms with Gasteiger partial charge in [-0.2, -0.15) is 0 Å². The molecule has 6 heteroatoms. The van der Waals surface area contributed by atoms with E-state index in [0.717, 1.165) is 11.8 Å². The zero-order valence-corrected chi connectivity index (χ0v) is 12.8. The van der Waals surface area contributed by atoms with Gasteiger partial charge in [-0.15, -0.1) is 0 Å². The molecule has 2 aromatic rings. The van der Waals surface area contributed by atoms with Crippen molar-refractivity contribution in [3.63, 3.8) is 0 Å². The maximum atomic E-state index is 13.2. The average molecular weight is 333 g/mol. The minimum atomic E-state index is -0.385. The van der Waals surface area contributed by atoms with Crippen LogP contribution >= 0.6 is 24.0 Å². The van der Waals surface area contributed by atoms with E-state index < -0.39 is 0 Å². The number of halogens is 2. The summed E-state index contributed by atoms with van der Waals surface area (Å²) in [5.74, 6) is -1.06. The maximum Gasteiger partial charge on any atom is 0.270 e. The van der Waals surface area contributed by atoms with Gasteiger partial charge in [0.25, 0.3) is 5.91 Å². The first-order valence-electron chi connectivity index (χ1n) is 6.34. The number of carbonyl (C=O) groups excluding carboxylic acids is 1. The smallest absolute Gasteiger partial charge is 0.268 e. The normalized spacial score (nSPS) is 16.6. The molecule has 1 amide bonds. The lowest BCUT2D eigenvalue weighted by Gasteiger charge is -2.14. The van der Waals surface area contributed by atoms with E-state index in [2.05, 4.69) is 0 Å². The van der Waals surface area contributed by atoms with Crippen LogP contribution < -0.4 is 4.90 Å². The van der Waals surface area contributed by atoms with Crippen molar-refractivity contribution in [3.8, 4) is 0 Å². The molecule has 0 aliphatic carbocycles. The van der Waals surface area contributed by atoms with Crippen LogP contribution in [0.4, 0.5) is 14.5 Å². The third-order valence-corrected chi connectivity index (χ3v) is 4.33. The highest BCUT2D eigenvalue weighted by molar-refractivity contribution is 8.27. The number of benzene rings is 2. The molecule has 0 radical (unpaired) electrons. The van der Waals surface area contributed by atoms with Gasteiger partial charge in [-0.25, -0.2) is 8.78 Å². The molecule has 1 heterocycles. The largest absolute Gasteiger partial charge is 0.270 e. The van der Waals surface area contributed by atoms with Gasteiger partial charge in [0.05, 0.1) is 10.6 Å². The molecule has 0 bridgehead atoms. The Kier molecular flexibility index (Phi) is 4.04. The number of thioether (sulfide) groups is 1. The summed E-state index contributed by atoms with van der Waals surface area (Å²) >= 11 is 6.35. The molecule has 2 nitrogen and oxygen atoms in total. The SMILES string of the molecule is O=C1/C(=C/c2cccc(F)c2)SC(=S)N1c1ccc(F)cc1. The van der Waals surface area contributed by atoms with Gasteiger partial charge in [-0.05, 0) is 48.0 Å². The monoisotopic (exact) mass is 333 g/mol. The molecule has 2 aromatic carbocycles. The summed E-state index contributed by atoms with van der Waals surface area (Å²) < 4.78 is 26.5. The van der Waals surface area contributed by atoms with Crippen LogP contribution in [0.1, 0.15) is 5.56 Å². The second-order valence-electron chi connectivity index (χ2n) is 4.55. The Balaban J connectivity index is 1.93. The van der Waals surface area contributed by atoms with Gasteiger partial charge in [0, 0.05) is 0 Å². The Hall–Kier alpha value is -2.05. The molecule has 1 aliphatic heterocycles. The minimum Gasteiger partial charge on any atom is -0.268 e. The topological polar surface area (TPSA) is 20.3 Å². The number of amides is 1. The Morgan fingerprint density at radius 1 is 1.05 bits per heavy atom. The number of anilines is 1. The summed E-state index contributed by atoms with van der Waals surface area (Å²) in [6.07, 6.45) is 1.59. The van der Waals surface area contributed by atoms with E-state index in [4.69, 9.17) is 12.2 Å². The average Bonchev–Trinajstić information content (AvgIpc) is 2.75. The van der Waals surface area contributed by atoms with Crippen LogP contribution in [0, 0.1) is 11.6 Å². The van der Waals surface area contributed by atoms with Crippen LogP contribution in [0.5, 0.6) is 0 Å². The van der Waals surface area contributed by atoms with Crippen molar-refractivity contribution < 1.29 is 13.6 Å². The molecular formula is C16H9F2NOS2. The molecule has 0 atom stereocenters. The highest BCUT2D eigenvalue weighted by atomic mass is 32.2. The van der Waals surface area contributed by atoms with E-state index >= 15 is 0 Å². The molecule has 3 rings (SSSR count). The lowest BCUT2D eigenvalue weighted by molar-refractivity contribution is -0.113. The standard InChI is InChI=1S/C16H9F2NOS2/c17-11-4-6-13(7-5-11)19-15(20)14(22-16(19)21)9-10-2-1-3-12(18)8-10/h1-9H/b14-9-. The molecule has 1 fully saturated rings. The molecule has 0 saturated carbocycles. The summed E-state index contributed by atoms with van der Waals surface area (Å²) in [5, 5.41) is 0. The van der Waals surface area contributed by atoms with Crippen molar-refractivity contribution in [3.05, 3.63) is 70.6 Å². The van der Waals surface area contributed by atoms with Crippen molar-refractivity contribution >= 4 is 46.0 Å². The van der Waals surface area contributed by atoms with E-state index in [1.54, 1.807) is 18.2 Å². The van der Waals surface area contributed by atoms with E-state index in [9.17, 15) is 13.6 Å². The van der Waals surface area contributed by atoms with Gasteiger partial charge >= 0.3 is 0 Å². The number of rotatable bonds is 2. The minimum absolute atomic E-state index is 0.300. The molecule has 110 valence electrons. The van der Waals surface area contributed by atoms with Crippen LogP contribution in [-0.2, 0) is 4.79 Å². The molecule has 0 spiro atoms. The van der Waals surface area contributed by atoms with E-state index in [1.165, 1.54) is 41.3 Å². The molecule has 0 aromatic heterocycles. The van der Waals surface area contributed by atoms with Crippen LogP contribution in [0.2, 0.25) is 0 Å². The number of hydrogen-bond acceptors (Lipinski definition) is 3. The quantitative estimate of drug-likeness (QED) is 0.601. The van der Waals surface area contributed by atoms with Crippen molar-refractivity contribution in [2.75, 3.05) is 4.90 Å². The third-order valence-electron chi connectivity index (χ3n) is 3.02. The third kappa shape index (κ3) is 2.93. The Labute approximate surface area is 135 Å². The fourth-order valence-corrected chi connectivity index (χ4v) is 3.33. The van der Waals surface area contributed by atoms with Crippen molar-refractivity contribution in [1.29, 1.82) is 0 Å². The zero-order valence-electron chi connectivity index (χ0n) is 11.1. The van der Waals surface area contributed by atoms with Crippen molar-refractivity contribution in [2.45, 2.75) is 0 Å². The van der Waals surface area contributed by atoms with Crippen LogP contribution in [-0.4, -0.2) is 10.2 Å². The molecule has 0 unspecified atom stereocenters. The second kappa shape index (κ2) is 5.98. The lowest BCUT2D eigenvalue weighted by Crippen LogP contribution is -2.27. The summed E-state index contributed by atoms with van der Waals surface area (Å²) in [6.45, 7) is 0. The Morgan fingerprint density at radius 3 is 2.45 bits per heavy atom. The van der Waals surface area contributed by atoms with Crippen molar-refractivity contribution in [1.82, 2.24) is 0 Å². The molecule has 22 heavy (non-hydrogen) atoms. The highest BCUT2D eigenvalue weighted by Gasteiger charge is 2.33. The molecule has 1 aliphatic rings. The van der Waals surface area contributed by atoms with Gasteiger partial charge in [-0.3, -0.25) is 9.69 Å². The Bertz CT molecular complexity index is 787. The number of nitrogens with zero attached hydrogens (tertiary/aromatic N) is 1. The number of thiocarbonyl (C=S) groups is 1. The first kappa shape index (κ1) is 14.9. The van der Waals surface area contributed by atoms with Crippen molar-refractivity contribution in [2.24, 2.45) is 0 Å². The molecule has 0 N–H and O–H groups in total. The summed E-state index contributed by atoms with van der Waals surface area (Å²) in [6, 6.07) is 11.5. The molecular weight excluding hydrogens is 324 g/mol. The zero-order chi connectivity index (χ0) is 15.7. The van der Waals surface area contributed by atoms with Gasteiger partial charge < -0.3 is 0 Å². The number of carbonyl (C=O) groups is 1. The fourth-order valence-electron chi connectivity index (χ4n) is 2.03. The predicted molar refractivity (Wildman–Crippen MR) is 88.5 cm³/mol. The van der Waals surface area contributed by atoms with Gasteiger partial charge in [0.2, 0.25) is 0 Å². The van der Waals surface area contributed by atoms with Gasteiger partial charge in [-0.1, -0.05) is 36.1 Å². The Morgan fingerprint density at radius 2 is 1.77 bits per heavy atom. The number of hydrogen-bond donors (Lipinski definition) is 0. The van der Waals surface area contributed by atoms with E-state index in [1.807, 2.05) is 0 Å². The first-order chi connectivity index (χ1) is 10.5. The first-order valence-corrected chi connectivity index (χ1v) is 7.56. The highest BCUT2D eigenvalue weighted by Crippen LogP contribution is 2.36. The van der Waals surface area contributed by atoms with Gasteiger partial charge in [0.15, 0.2) is 4.32 Å². The van der Waals surface area contributed by atoms with Crippen LogP contribution in [0.25, 0.3) is 6.08 Å².